The summed E-state index contributed by atoms with van der Waals surface area (Å²) in [5.74, 6) is 0.679. The number of anilines is 1. The zero-order valence-corrected chi connectivity index (χ0v) is 15.0. The van der Waals surface area contributed by atoms with Crippen molar-refractivity contribution in [3.05, 3.63) is 47.7 Å². The topological polar surface area (TPSA) is 28.5 Å². The molecular formula is C19H24ClN3O. The second-order valence-electron chi connectivity index (χ2n) is 6.69. The monoisotopic (exact) mass is 345 g/mol. The van der Waals surface area contributed by atoms with Crippen molar-refractivity contribution in [3.63, 3.8) is 0 Å². The van der Waals surface area contributed by atoms with E-state index in [-0.39, 0.29) is 5.91 Å². The van der Waals surface area contributed by atoms with Crippen LogP contribution in [0.3, 0.4) is 0 Å². The average molecular weight is 346 g/mol. The Morgan fingerprint density at radius 3 is 2.38 bits per heavy atom. The van der Waals surface area contributed by atoms with Gasteiger partial charge >= 0.3 is 0 Å². The summed E-state index contributed by atoms with van der Waals surface area (Å²) in [6, 6.07) is 10.0. The number of benzene rings is 1. The lowest BCUT2D eigenvalue weighted by Crippen LogP contribution is -2.49. The van der Waals surface area contributed by atoms with Crippen molar-refractivity contribution < 1.29 is 4.79 Å². The predicted octanol–water partition coefficient (Wildman–Crippen LogP) is 3.83. The van der Waals surface area contributed by atoms with Gasteiger partial charge in [0.15, 0.2) is 0 Å². The lowest BCUT2D eigenvalue weighted by atomic mass is 10.1. The molecule has 1 amide bonds. The highest BCUT2D eigenvalue weighted by atomic mass is 35.5. The van der Waals surface area contributed by atoms with Crippen LogP contribution in [0, 0.1) is 5.92 Å². The summed E-state index contributed by atoms with van der Waals surface area (Å²) in [5, 5.41) is 0.730. The molecule has 0 radical (unpaired) electrons. The van der Waals surface area contributed by atoms with Crippen LogP contribution in [0.2, 0.25) is 5.02 Å². The van der Waals surface area contributed by atoms with Crippen molar-refractivity contribution in [3.8, 4) is 5.69 Å². The van der Waals surface area contributed by atoms with Gasteiger partial charge in [-0.05, 0) is 36.2 Å². The Balaban J connectivity index is 1.74. The molecule has 0 aliphatic carbocycles. The Kier molecular flexibility index (Phi) is 5.14. The molecule has 1 fully saturated rings. The molecule has 128 valence electrons. The molecule has 3 rings (SSSR count). The van der Waals surface area contributed by atoms with E-state index in [1.807, 2.05) is 41.6 Å². The Morgan fingerprint density at radius 2 is 1.75 bits per heavy atom. The number of hydrogen-bond donors (Lipinski definition) is 0. The molecule has 5 heteroatoms. The minimum atomic E-state index is 0.270. The third kappa shape index (κ3) is 3.75. The van der Waals surface area contributed by atoms with Gasteiger partial charge in [-0.25, -0.2) is 0 Å². The molecule has 1 aromatic heterocycles. The molecule has 1 saturated heterocycles. The maximum atomic E-state index is 12.2. The molecule has 1 aliphatic rings. The van der Waals surface area contributed by atoms with Crippen molar-refractivity contribution in [2.45, 2.75) is 20.3 Å². The Bertz CT molecular complexity index is 689. The lowest BCUT2D eigenvalue weighted by molar-refractivity contribution is -0.132. The van der Waals surface area contributed by atoms with Gasteiger partial charge in [0.05, 0.1) is 11.4 Å². The largest absolute Gasteiger partial charge is 0.366 e. The molecule has 1 aromatic carbocycles. The van der Waals surface area contributed by atoms with E-state index >= 15 is 0 Å². The zero-order chi connectivity index (χ0) is 17.1. The summed E-state index contributed by atoms with van der Waals surface area (Å²) < 4.78 is 2.08. The Hall–Kier alpha value is -1.94. The SMILES string of the molecule is CC(C)CC(=O)N1CCN(c2ccc(Cl)cc2-n2cccc2)CC1. The van der Waals surface area contributed by atoms with Crippen LogP contribution in [0.25, 0.3) is 5.69 Å². The van der Waals surface area contributed by atoms with Crippen molar-refractivity contribution in [1.82, 2.24) is 9.47 Å². The molecule has 0 bridgehead atoms. The minimum absolute atomic E-state index is 0.270. The van der Waals surface area contributed by atoms with Crippen molar-refractivity contribution in [2.24, 2.45) is 5.92 Å². The number of hydrogen-bond acceptors (Lipinski definition) is 2. The van der Waals surface area contributed by atoms with Gasteiger partial charge in [-0.3, -0.25) is 4.79 Å². The lowest BCUT2D eigenvalue weighted by Gasteiger charge is -2.37. The van der Waals surface area contributed by atoms with E-state index in [1.165, 1.54) is 0 Å². The highest BCUT2D eigenvalue weighted by molar-refractivity contribution is 6.30. The van der Waals surface area contributed by atoms with Crippen LogP contribution in [-0.2, 0) is 4.79 Å². The number of amides is 1. The van der Waals surface area contributed by atoms with Crippen LogP contribution in [0.5, 0.6) is 0 Å². The van der Waals surface area contributed by atoms with E-state index in [9.17, 15) is 4.79 Å². The number of aromatic nitrogens is 1. The van der Waals surface area contributed by atoms with E-state index in [1.54, 1.807) is 0 Å². The van der Waals surface area contributed by atoms with Crippen molar-refractivity contribution in [2.75, 3.05) is 31.1 Å². The van der Waals surface area contributed by atoms with E-state index in [4.69, 9.17) is 11.6 Å². The molecule has 24 heavy (non-hydrogen) atoms. The first-order chi connectivity index (χ1) is 11.5. The summed E-state index contributed by atoms with van der Waals surface area (Å²) in [6.07, 6.45) is 4.69. The number of carbonyl (C=O) groups is 1. The molecule has 0 N–H and O–H groups in total. The Morgan fingerprint density at radius 1 is 1.08 bits per heavy atom. The second kappa shape index (κ2) is 7.31. The molecule has 0 saturated carbocycles. The zero-order valence-electron chi connectivity index (χ0n) is 14.3. The first-order valence-corrected chi connectivity index (χ1v) is 8.88. The quantitative estimate of drug-likeness (QED) is 0.842. The summed E-state index contributed by atoms with van der Waals surface area (Å²) in [5.41, 5.74) is 2.24. The van der Waals surface area contributed by atoms with E-state index in [2.05, 4.69) is 29.4 Å². The number of rotatable bonds is 4. The van der Waals surface area contributed by atoms with E-state index in [0.717, 1.165) is 42.6 Å². The second-order valence-corrected chi connectivity index (χ2v) is 7.13. The molecule has 1 aliphatic heterocycles. The van der Waals surface area contributed by atoms with Gasteiger partial charge in [0.2, 0.25) is 5.91 Å². The van der Waals surface area contributed by atoms with Crippen LogP contribution >= 0.6 is 11.6 Å². The molecule has 2 heterocycles. The fourth-order valence-electron chi connectivity index (χ4n) is 3.14. The molecular weight excluding hydrogens is 322 g/mol. The van der Waals surface area contributed by atoms with Gasteiger partial charge < -0.3 is 14.4 Å². The van der Waals surface area contributed by atoms with Gasteiger partial charge in [-0.2, -0.15) is 0 Å². The number of piperazine rings is 1. The molecule has 0 unspecified atom stereocenters. The molecule has 4 nitrogen and oxygen atoms in total. The van der Waals surface area contributed by atoms with Gasteiger partial charge in [0.1, 0.15) is 0 Å². The summed E-state index contributed by atoms with van der Waals surface area (Å²) in [6.45, 7) is 7.43. The summed E-state index contributed by atoms with van der Waals surface area (Å²) >= 11 is 6.20. The van der Waals surface area contributed by atoms with Gasteiger partial charge in [0.25, 0.3) is 0 Å². The smallest absolute Gasteiger partial charge is 0.222 e. The highest BCUT2D eigenvalue weighted by Crippen LogP contribution is 2.29. The average Bonchev–Trinajstić information content (AvgIpc) is 3.09. The van der Waals surface area contributed by atoms with Crippen molar-refractivity contribution in [1.29, 1.82) is 0 Å². The fourth-order valence-corrected chi connectivity index (χ4v) is 3.31. The first-order valence-electron chi connectivity index (χ1n) is 8.50. The van der Waals surface area contributed by atoms with Gasteiger partial charge in [-0.1, -0.05) is 25.4 Å². The highest BCUT2D eigenvalue weighted by Gasteiger charge is 2.23. The van der Waals surface area contributed by atoms with Crippen LogP contribution < -0.4 is 4.90 Å². The number of carbonyl (C=O) groups excluding carboxylic acids is 1. The maximum absolute atomic E-state index is 12.2. The van der Waals surface area contributed by atoms with Gasteiger partial charge in [0, 0.05) is 50.0 Å². The standard InChI is InChI=1S/C19H24ClN3O/c1-15(2)13-19(24)23-11-9-22(10-12-23)17-6-5-16(20)14-18(17)21-7-3-4-8-21/h3-8,14-15H,9-13H2,1-2H3. The normalized spacial score (nSPS) is 15.2. The van der Waals surface area contributed by atoms with Gasteiger partial charge in [-0.15, -0.1) is 0 Å². The Labute approximate surface area is 148 Å². The first kappa shape index (κ1) is 16.9. The van der Waals surface area contributed by atoms with Crippen molar-refractivity contribution >= 4 is 23.2 Å². The summed E-state index contributed by atoms with van der Waals surface area (Å²) in [7, 11) is 0. The molecule has 2 aromatic rings. The predicted molar refractivity (Wildman–Crippen MR) is 99.0 cm³/mol. The van der Waals surface area contributed by atoms with Crippen LogP contribution in [-0.4, -0.2) is 41.6 Å². The van der Waals surface area contributed by atoms with E-state index < -0.39 is 0 Å². The summed E-state index contributed by atoms with van der Waals surface area (Å²) in [4.78, 5) is 16.6. The van der Waals surface area contributed by atoms with Crippen LogP contribution in [0.1, 0.15) is 20.3 Å². The van der Waals surface area contributed by atoms with E-state index in [0.29, 0.717) is 12.3 Å². The number of nitrogens with zero attached hydrogens (tertiary/aromatic N) is 3. The maximum Gasteiger partial charge on any atom is 0.222 e. The minimum Gasteiger partial charge on any atom is -0.366 e. The fraction of sp³-hybridized carbons (Fsp3) is 0.421. The van der Waals surface area contributed by atoms with Crippen LogP contribution in [0.15, 0.2) is 42.7 Å². The number of halogens is 1. The molecule has 0 atom stereocenters. The third-order valence-corrected chi connectivity index (χ3v) is 4.61. The molecule has 0 spiro atoms. The third-order valence-electron chi connectivity index (χ3n) is 4.38. The van der Waals surface area contributed by atoms with Crippen LogP contribution in [0.4, 0.5) is 5.69 Å².